The van der Waals surface area contributed by atoms with Crippen LogP contribution < -0.4 is 11.1 Å². The molecule has 0 aromatic rings. The number of likely N-dealkylation sites (tertiary alicyclic amines) is 1. The van der Waals surface area contributed by atoms with Crippen LogP contribution in [0.15, 0.2) is 0 Å². The largest absolute Gasteiger partial charge is 0.383 e. The molecule has 1 amide bonds. The molecule has 1 fully saturated rings. The van der Waals surface area contributed by atoms with E-state index in [1.165, 1.54) is 0 Å². The first-order valence-electron chi connectivity index (χ1n) is 5.47. The van der Waals surface area contributed by atoms with Gasteiger partial charge in [0.15, 0.2) is 0 Å². The molecule has 5 heteroatoms. The zero-order valence-corrected chi connectivity index (χ0v) is 9.37. The average molecular weight is 215 g/mol. The highest BCUT2D eigenvalue weighted by atomic mass is 16.5. The third-order valence-corrected chi connectivity index (χ3v) is 2.75. The quantitative estimate of drug-likeness (QED) is 0.568. The molecule has 0 aliphatic carbocycles. The molecule has 1 rings (SSSR count). The van der Waals surface area contributed by atoms with Gasteiger partial charge >= 0.3 is 0 Å². The van der Waals surface area contributed by atoms with Crippen LogP contribution in [0.1, 0.15) is 12.8 Å². The van der Waals surface area contributed by atoms with Crippen LogP contribution in [0.4, 0.5) is 0 Å². The van der Waals surface area contributed by atoms with Gasteiger partial charge in [0.2, 0.25) is 5.91 Å². The van der Waals surface area contributed by atoms with Gasteiger partial charge in [-0.15, -0.1) is 0 Å². The number of hydrogen-bond donors (Lipinski definition) is 2. The van der Waals surface area contributed by atoms with E-state index in [0.29, 0.717) is 32.3 Å². The Kier molecular flexibility index (Phi) is 5.60. The minimum atomic E-state index is 0.0624. The molecule has 1 unspecified atom stereocenters. The average Bonchev–Trinajstić information content (AvgIpc) is 2.65. The fourth-order valence-electron chi connectivity index (χ4n) is 1.90. The van der Waals surface area contributed by atoms with E-state index in [0.717, 1.165) is 19.4 Å². The lowest BCUT2D eigenvalue weighted by atomic mass is 10.2. The van der Waals surface area contributed by atoms with E-state index in [2.05, 4.69) is 10.2 Å². The molecule has 1 aliphatic rings. The standard InChI is InChI=1S/C10H21N3O2/c1-15-6-4-12-10(14)8-13-5-2-3-9(13)7-11/h9H,2-8,11H2,1H3,(H,12,14). The number of amides is 1. The molecule has 0 radical (unpaired) electrons. The number of nitrogens with two attached hydrogens (primary N) is 1. The van der Waals surface area contributed by atoms with E-state index in [1.54, 1.807) is 7.11 Å². The van der Waals surface area contributed by atoms with Crippen LogP contribution in [-0.2, 0) is 9.53 Å². The summed E-state index contributed by atoms with van der Waals surface area (Å²) in [5.74, 6) is 0.0624. The maximum atomic E-state index is 11.5. The van der Waals surface area contributed by atoms with E-state index < -0.39 is 0 Å². The van der Waals surface area contributed by atoms with Gasteiger partial charge in [-0.1, -0.05) is 0 Å². The van der Waals surface area contributed by atoms with Crippen LogP contribution in [0.25, 0.3) is 0 Å². The zero-order chi connectivity index (χ0) is 11.1. The van der Waals surface area contributed by atoms with Crippen molar-refractivity contribution >= 4 is 5.91 Å². The Morgan fingerprint density at radius 3 is 3.13 bits per heavy atom. The lowest BCUT2D eigenvalue weighted by Gasteiger charge is -2.22. The summed E-state index contributed by atoms with van der Waals surface area (Å²) in [5.41, 5.74) is 5.63. The Hall–Kier alpha value is -0.650. The van der Waals surface area contributed by atoms with Crippen molar-refractivity contribution in [2.45, 2.75) is 18.9 Å². The second-order valence-electron chi connectivity index (χ2n) is 3.84. The molecule has 0 spiro atoms. The number of carbonyl (C=O) groups is 1. The SMILES string of the molecule is COCCNC(=O)CN1CCCC1CN. The van der Waals surface area contributed by atoms with Gasteiger partial charge in [0.25, 0.3) is 0 Å². The molecular formula is C10H21N3O2. The maximum absolute atomic E-state index is 11.5. The highest BCUT2D eigenvalue weighted by Gasteiger charge is 2.24. The zero-order valence-electron chi connectivity index (χ0n) is 9.37. The number of rotatable bonds is 6. The number of nitrogens with zero attached hydrogens (tertiary/aromatic N) is 1. The van der Waals surface area contributed by atoms with Crippen molar-refractivity contribution in [2.24, 2.45) is 5.73 Å². The minimum Gasteiger partial charge on any atom is -0.383 e. The summed E-state index contributed by atoms with van der Waals surface area (Å²) in [7, 11) is 1.62. The van der Waals surface area contributed by atoms with Crippen molar-refractivity contribution in [2.75, 3.05) is 39.9 Å². The number of methoxy groups -OCH3 is 1. The molecule has 15 heavy (non-hydrogen) atoms. The lowest BCUT2D eigenvalue weighted by molar-refractivity contribution is -0.122. The van der Waals surface area contributed by atoms with Crippen LogP contribution in [0, 0.1) is 0 Å². The van der Waals surface area contributed by atoms with Crippen LogP contribution >= 0.6 is 0 Å². The molecule has 88 valence electrons. The predicted octanol–water partition coefficient (Wildman–Crippen LogP) is -0.828. The molecule has 0 bridgehead atoms. The van der Waals surface area contributed by atoms with Crippen molar-refractivity contribution in [3.05, 3.63) is 0 Å². The third kappa shape index (κ3) is 4.15. The van der Waals surface area contributed by atoms with Crippen molar-refractivity contribution in [1.29, 1.82) is 0 Å². The number of ether oxygens (including phenoxy) is 1. The fourth-order valence-corrected chi connectivity index (χ4v) is 1.90. The van der Waals surface area contributed by atoms with Crippen LogP contribution in [-0.4, -0.2) is 56.7 Å². The monoisotopic (exact) mass is 215 g/mol. The maximum Gasteiger partial charge on any atom is 0.234 e. The normalized spacial score (nSPS) is 21.9. The van der Waals surface area contributed by atoms with Gasteiger partial charge in [0.1, 0.15) is 0 Å². The summed E-state index contributed by atoms with van der Waals surface area (Å²) in [6, 6.07) is 0.387. The molecule has 1 heterocycles. The Bertz CT molecular complexity index is 199. The van der Waals surface area contributed by atoms with Crippen molar-refractivity contribution in [3.8, 4) is 0 Å². The highest BCUT2D eigenvalue weighted by Crippen LogP contribution is 2.14. The van der Waals surface area contributed by atoms with E-state index in [1.807, 2.05) is 0 Å². The summed E-state index contributed by atoms with van der Waals surface area (Å²) in [5, 5.41) is 2.81. The second kappa shape index (κ2) is 6.76. The second-order valence-corrected chi connectivity index (χ2v) is 3.84. The predicted molar refractivity (Wildman–Crippen MR) is 58.5 cm³/mol. The lowest BCUT2D eigenvalue weighted by Crippen LogP contribution is -2.43. The van der Waals surface area contributed by atoms with Gasteiger partial charge < -0.3 is 15.8 Å². The summed E-state index contributed by atoms with van der Waals surface area (Å²) < 4.78 is 4.86. The van der Waals surface area contributed by atoms with E-state index >= 15 is 0 Å². The van der Waals surface area contributed by atoms with E-state index in [-0.39, 0.29) is 5.91 Å². The van der Waals surface area contributed by atoms with Crippen molar-refractivity contribution in [3.63, 3.8) is 0 Å². The number of carbonyl (C=O) groups excluding carboxylic acids is 1. The summed E-state index contributed by atoms with van der Waals surface area (Å²) in [6.07, 6.45) is 2.26. The fraction of sp³-hybridized carbons (Fsp3) is 0.900. The van der Waals surface area contributed by atoms with Gasteiger partial charge in [-0.2, -0.15) is 0 Å². The van der Waals surface area contributed by atoms with Gasteiger partial charge in [0.05, 0.1) is 13.2 Å². The Morgan fingerprint density at radius 2 is 2.47 bits per heavy atom. The molecule has 0 aromatic carbocycles. The van der Waals surface area contributed by atoms with E-state index in [9.17, 15) is 4.79 Å². The molecule has 0 saturated carbocycles. The topological polar surface area (TPSA) is 67.6 Å². The van der Waals surface area contributed by atoms with E-state index in [4.69, 9.17) is 10.5 Å². The molecule has 0 aromatic heterocycles. The van der Waals surface area contributed by atoms with Gasteiger partial charge in [-0.05, 0) is 19.4 Å². The molecule has 1 saturated heterocycles. The molecule has 3 N–H and O–H groups in total. The third-order valence-electron chi connectivity index (χ3n) is 2.75. The van der Waals surface area contributed by atoms with Gasteiger partial charge in [0, 0.05) is 26.2 Å². The first kappa shape index (κ1) is 12.4. The van der Waals surface area contributed by atoms with Crippen molar-refractivity contribution in [1.82, 2.24) is 10.2 Å². The first-order chi connectivity index (χ1) is 7.27. The molecule has 1 aliphatic heterocycles. The minimum absolute atomic E-state index is 0.0624. The van der Waals surface area contributed by atoms with Gasteiger partial charge in [-0.3, -0.25) is 9.69 Å². The van der Waals surface area contributed by atoms with Crippen LogP contribution in [0.2, 0.25) is 0 Å². The molecule has 1 atom stereocenters. The van der Waals surface area contributed by atoms with Crippen LogP contribution in [0.5, 0.6) is 0 Å². The van der Waals surface area contributed by atoms with Crippen molar-refractivity contribution < 1.29 is 9.53 Å². The summed E-state index contributed by atoms with van der Waals surface area (Å²) >= 11 is 0. The highest BCUT2D eigenvalue weighted by molar-refractivity contribution is 5.78. The summed E-state index contributed by atoms with van der Waals surface area (Å²) in [4.78, 5) is 13.6. The Morgan fingerprint density at radius 1 is 1.67 bits per heavy atom. The Labute approximate surface area is 90.9 Å². The molecule has 5 nitrogen and oxygen atoms in total. The summed E-state index contributed by atoms with van der Waals surface area (Å²) in [6.45, 7) is 3.24. The molecular weight excluding hydrogens is 194 g/mol. The Balaban J connectivity index is 2.19. The first-order valence-corrected chi connectivity index (χ1v) is 5.47. The van der Waals surface area contributed by atoms with Gasteiger partial charge in [-0.25, -0.2) is 0 Å². The smallest absolute Gasteiger partial charge is 0.234 e. The number of nitrogens with one attached hydrogen (secondary N) is 1. The van der Waals surface area contributed by atoms with Crippen LogP contribution in [0.3, 0.4) is 0 Å². The number of hydrogen-bond acceptors (Lipinski definition) is 4.